The van der Waals surface area contributed by atoms with Crippen molar-refractivity contribution in [3.05, 3.63) is 0 Å². The molecule has 5 heteroatoms. The van der Waals surface area contributed by atoms with Crippen LogP contribution in [-0.4, -0.2) is 47.1 Å². The minimum atomic E-state index is -0.908. The van der Waals surface area contributed by atoms with Crippen molar-refractivity contribution >= 4 is 11.9 Å². The second-order valence-corrected chi connectivity index (χ2v) is 5.83. The summed E-state index contributed by atoms with van der Waals surface area (Å²) in [7, 11) is 0. The Bertz CT molecular complexity index is 290. The van der Waals surface area contributed by atoms with Gasteiger partial charge in [-0.1, -0.05) is 13.8 Å². The lowest BCUT2D eigenvalue weighted by molar-refractivity contribution is -0.139. The molecule has 1 unspecified atom stereocenters. The number of hydrogen-bond acceptors (Lipinski definition) is 3. The monoisotopic (exact) mass is 272 g/mol. The summed E-state index contributed by atoms with van der Waals surface area (Å²) in [5.41, 5.74) is 0. The van der Waals surface area contributed by atoms with Crippen LogP contribution in [0.2, 0.25) is 0 Å². The first-order valence-electron chi connectivity index (χ1n) is 6.97. The normalized spacial score (nSPS) is 13.1. The van der Waals surface area contributed by atoms with Crippen molar-refractivity contribution in [1.29, 1.82) is 0 Å². The fourth-order valence-corrected chi connectivity index (χ4v) is 1.76. The molecule has 0 aromatic heterocycles. The molecule has 0 radical (unpaired) electrons. The first kappa shape index (κ1) is 17.9. The van der Waals surface area contributed by atoms with Crippen molar-refractivity contribution in [2.24, 2.45) is 5.92 Å². The Morgan fingerprint density at radius 1 is 1.05 bits per heavy atom. The maximum atomic E-state index is 11.8. The first-order valence-corrected chi connectivity index (χ1v) is 6.97. The van der Waals surface area contributed by atoms with Crippen LogP contribution in [0.25, 0.3) is 0 Å². The number of rotatable bonds is 9. The number of aliphatic carboxylic acids is 1. The molecule has 1 amide bonds. The highest BCUT2D eigenvalue weighted by atomic mass is 16.4. The van der Waals surface area contributed by atoms with Gasteiger partial charge in [0.25, 0.3) is 0 Å². The van der Waals surface area contributed by atoms with Crippen LogP contribution in [0.5, 0.6) is 0 Å². The Balaban J connectivity index is 4.15. The topological polar surface area (TPSA) is 69.6 Å². The predicted octanol–water partition coefficient (Wildman–Crippen LogP) is 1.72. The number of hydrogen-bond donors (Lipinski definition) is 2. The first-order chi connectivity index (χ1) is 8.72. The summed E-state index contributed by atoms with van der Waals surface area (Å²) < 4.78 is 0. The molecule has 2 N–H and O–H groups in total. The van der Waals surface area contributed by atoms with Gasteiger partial charge in [-0.05, 0) is 39.5 Å². The van der Waals surface area contributed by atoms with Crippen LogP contribution >= 0.6 is 0 Å². The van der Waals surface area contributed by atoms with E-state index in [1.165, 1.54) is 0 Å². The second kappa shape index (κ2) is 8.91. The predicted molar refractivity (Wildman–Crippen MR) is 76.0 cm³/mol. The third kappa shape index (κ3) is 9.47. The molecule has 0 aliphatic carbocycles. The molecular weight excluding hydrogens is 244 g/mol. The minimum Gasteiger partial charge on any atom is -0.480 e. The Morgan fingerprint density at radius 3 is 2.05 bits per heavy atom. The fourth-order valence-electron chi connectivity index (χ4n) is 1.76. The lowest BCUT2D eigenvalue weighted by Crippen LogP contribution is -2.45. The number of carbonyl (C=O) groups excluding carboxylic acids is 1. The van der Waals surface area contributed by atoms with Gasteiger partial charge in [-0.25, -0.2) is 0 Å². The maximum absolute atomic E-state index is 11.8. The van der Waals surface area contributed by atoms with Gasteiger partial charge < -0.3 is 10.4 Å². The molecule has 0 bridgehead atoms. The van der Waals surface area contributed by atoms with E-state index in [0.29, 0.717) is 5.92 Å². The van der Waals surface area contributed by atoms with Crippen molar-refractivity contribution < 1.29 is 14.7 Å². The molecule has 0 heterocycles. The molecule has 0 aromatic carbocycles. The third-order valence-corrected chi connectivity index (χ3v) is 3.00. The highest BCUT2D eigenvalue weighted by Crippen LogP contribution is 2.06. The van der Waals surface area contributed by atoms with Gasteiger partial charge in [0.15, 0.2) is 0 Å². The van der Waals surface area contributed by atoms with Gasteiger partial charge in [-0.2, -0.15) is 0 Å². The van der Waals surface area contributed by atoms with Gasteiger partial charge in [-0.3, -0.25) is 14.5 Å². The van der Waals surface area contributed by atoms with E-state index in [9.17, 15) is 9.59 Å². The lowest BCUT2D eigenvalue weighted by Gasteiger charge is -2.25. The van der Waals surface area contributed by atoms with E-state index >= 15 is 0 Å². The molecule has 0 fully saturated rings. The molecule has 19 heavy (non-hydrogen) atoms. The summed E-state index contributed by atoms with van der Waals surface area (Å²) in [6.07, 6.45) is 2.02. The quantitative estimate of drug-likeness (QED) is 0.670. The molecule has 0 aromatic rings. The molecule has 0 saturated heterocycles. The van der Waals surface area contributed by atoms with Crippen molar-refractivity contribution in [1.82, 2.24) is 10.2 Å². The van der Waals surface area contributed by atoms with Crippen molar-refractivity contribution in [3.63, 3.8) is 0 Å². The molecular formula is C14H28N2O3. The van der Waals surface area contributed by atoms with Gasteiger partial charge in [0.2, 0.25) is 5.91 Å². The van der Waals surface area contributed by atoms with Crippen LogP contribution in [0, 0.1) is 5.92 Å². The number of amides is 1. The Hall–Kier alpha value is -1.10. The summed E-state index contributed by atoms with van der Waals surface area (Å²) in [6, 6.07) is 0.168. The minimum absolute atomic E-state index is 0.0350. The SMILES string of the molecule is CC(C)CCC(C)NC(=O)CN(CC(=O)O)C(C)C. The van der Waals surface area contributed by atoms with Crippen LogP contribution in [0.3, 0.4) is 0 Å². The maximum Gasteiger partial charge on any atom is 0.317 e. The van der Waals surface area contributed by atoms with Crippen molar-refractivity contribution in [3.8, 4) is 0 Å². The van der Waals surface area contributed by atoms with E-state index in [-0.39, 0.29) is 31.1 Å². The lowest BCUT2D eigenvalue weighted by atomic mass is 10.0. The van der Waals surface area contributed by atoms with Crippen LogP contribution in [0.4, 0.5) is 0 Å². The zero-order valence-electron chi connectivity index (χ0n) is 12.8. The molecule has 112 valence electrons. The number of carboxylic acid groups (broad SMARTS) is 1. The average Bonchev–Trinajstić information content (AvgIpc) is 2.24. The molecule has 1 atom stereocenters. The second-order valence-electron chi connectivity index (χ2n) is 5.83. The van der Waals surface area contributed by atoms with E-state index in [1.54, 1.807) is 4.90 Å². The standard InChI is InChI=1S/C14H28N2O3/c1-10(2)6-7-12(5)15-13(17)8-16(11(3)4)9-14(18)19/h10-12H,6-9H2,1-5H3,(H,15,17)(H,18,19). The van der Waals surface area contributed by atoms with Crippen LogP contribution in [-0.2, 0) is 9.59 Å². The Labute approximate surface area is 116 Å². The summed E-state index contributed by atoms with van der Waals surface area (Å²) in [5.74, 6) is -0.390. The van der Waals surface area contributed by atoms with Crippen LogP contribution in [0.1, 0.15) is 47.5 Å². The average molecular weight is 272 g/mol. The Kier molecular flexibility index (Phi) is 8.39. The van der Waals surface area contributed by atoms with Crippen molar-refractivity contribution in [2.75, 3.05) is 13.1 Å². The highest BCUT2D eigenvalue weighted by molar-refractivity contribution is 5.79. The van der Waals surface area contributed by atoms with Gasteiger partial charge in [0.05, 0.1) is 13.1 Å². The zero-order valence-corrected chi connectivity index (χ0v) is 12.8. The molecule has 0 saturated carbocycles. The van der Waals surface area contributed by atoms with Gasteiger partial charge in [-0.15, -0.1) is 0 Å². The van der Waals surface area contributed by atoms with E-state index < -0.39 is 5.97 Å². The molecule has 0 aliphatic heterocycles. The zero-order chi connectivity index (χ0) is 15.0. The van der Waals surface area contributed by atoms with Gasteiger partial charge in [0.1, 0.15) is 0 Å². The van der Waals surface area contributed by atoms with Crippen LogP contribution < -0.4 is 5.32 Å². The van der Waals surface area contributed by atoms with Crippen molar-refractivity contribution in [2.45, 2.75) is 59.5 Å². The number of nitrogens with one attached hydrogen (secondary N) is 1. The van der Waals surface area contributed by atoms with Gasteiger partial charge >= 0.3 is 5.97 Å². The molecule has 0 rings (SSSR count). The van der Waals surface area contributed by atoms with E-state index in [1.807, 2.05) is 20.8 Å². The smallest absolute Gasteiger partial charge is 0.317 e. The van der Waals surface area contributed by atoms with E-state index in [2.05, 4.69) is 19.2 Å². The number of carbonyl (C=O) groups is 2. The molecule has 0 aliphatic rings. The summed E-state index contributed by atoms with van der Waals surface area (Å²) in [5, 5.41) is 11.7. The Morgan fingerprint density at radius 2 is 1.63 bits per heavy atom. The van der Waals surface area contributed by atoms with Gasteiger partial charge in [0, 0.05) is 12.1 Å². The molecule has 5 nitrogen and oxygen atoms in total. The fraction of sp³-hybridized carbons (Fsp3) is 0.857. The van der Waals surface area contributed by atoms with E-state index in [0.717, 1.165) is 12.8 Å². The summed E-state index contributed by atoms with van der Waals surface area (Å²) >= 11 is 0. The van der Waals surface area contributed by atoms with Crippen LogP contribution in [0.15, 0.2) is 0 Å². The number of nitrogens with zero attached hydrogens (tertiary/aromatic N) is 1. The highest BCUT2D eigenvalue weighted by Gasteiger charge is 2.17. The summed E-state index contributed by atoms with van der Waals surface area (Å²) in [4.78, 5) is 24.2. The van der Waals surface area contributed by atoms with E-state index in [4.69, 9.17) is 5.11 Å². The third-order valence-electron chi connectivity index (χ3n) is 3.00. The largest absolute Gasteiger partial charge is 0.480 e. The number of carboxylic acids is 1. The molecule has 0 spiro atoms. The summed E-state index contributed by atoms with van der Waals surface area (Å²) in [6.45, 7) is 10.1.